The van der Waals surface area contributed by atoms with E-state index in [1.807, 2.05) is 0 Å². The summed E-state index contributed by atoms with van der Waals surface area (Å²) in [5.74, 6) is -0.153. The molecule has 0 N–H and O–H groups in total. The van der Waals surface area contributed by atoms with Crippen LogP contribution in [0.2, 0.25) is 0 Å². The summed E-state index contributed by atoms with van der Waals surface area (Å²) in [6.07, 6.45) is 0. The molecule has 23 heavy (non-hydrogen) atoms. The van der Waals surface area contributed by atoms with Crippen LogP contribution in [0.3, 0.4) is 0 Å². The van der Waals surface area contributed by atoms with Crippen molar-refractivity contribution in [1.29, 1.82) is 0 Å². The van der Waals surface area contributed by atoms with E-state index in [0.29, 0.717) is 29.2 Å². The molecule has 6 heteroatoms. The highest BCUT2D eigenvalue weighted by molar-refractivity contribution is 7.99. The van der Waals surface area contributed by atoms with Crippen LogP contribution in [0.5, 0.6) is 5.75 Å². The lowest BCUT2D eigenvalue weighted by Crippen LogP contribution is -2.30. The van der Waals surface area contributed by atoms with E-state index in [0.717, 1.165) is 6.07 Å². The van der Waals surface area contributed by atoms with Gasteiger partial charge < -0.3 is 9.64 Å². The lowest BCUT2D eigenvalue weighted by atomic mass is 10.1. The molecule has 0 aliphatic carbocycles. The second kappa shape index (κ2) is 6.58. The standard InChI is InChI=1S/C17H15F2NO2S/c1-22-13-4-2-3-11(9-13)16(21)20-7-8-23-17(20)14-6-5-12(18)10-15(14)19/h2-6,9-10,17H,7-8H2,1H3. The number of benzene rings is 2. The Hall–Kier alpha value is -2.08. The van der Waals surface area contributed by atoms with Crippen molar-refractivity contribution in [2.75, 3.05) is 19.4 Å². The topological polar surface area (TPSA) is 29.5 Å². The molecular weight excluding hydrogens is 320 g/mol. The van der Waals surface area contributed by atoms with E-state index >= 15 is 0 Å². The van der Waals surface area contributed by atoms with E-state index in [1.165, 1.54) is 31.0 Å². The van der Waals surface area contributed by atoms with Gasteiger partial charge in [-0.25, -0.2) is 8.78 Å². The summed E-state index contributed by atoms with van der Waals surface area (Å²) >= 11 is 1.47. The van der Waals surface area contributed by atoms with Gasteiger partial charge in [0.15, 0.2) is 0 Å². The van der Waals surface area contributed by atoms with Crippen molar-refractivity contribution in [1.82, 2.24) is 4.90 Å². The van der Waals surface area contributed by atoms with Crippen molar-refractivity contribution in [3.05, 3.63) is 65.2 Å². The molecule has 0 radical (unpaired) electrons. The summed E-state index contributed by atoms with van der Waals surface area (Å²) in [5, 5.41) is -0.450. The minimum Gasteiger partial charge on any atom is -0.497 e. The smallest absolute Gasteiger partial charge is 0.255 e. The molecule has 1 aliphatic rings. The molecule has 0 saturated carbocycles. The van der Waals surface area contributed by atoms with Gasteiger partial charge in [0.25, 0.3) is 5.91 Å². The van der Waals surface area contributed by atoms with Crippen LogP contribution in [0.25, 0.3) is 0 Å². The van der Waals surface area contributed by atoms with Crippen LogP contribution in [0.1, 0.15) is 21.3 Å². The Kier molecular flexibility index (Phi) is 4.52. The van der Waals surface area contributed by atoms with Gasteiger partial charge in [-0.05, 0) is 24.3 Å². The predicted molar refractivity (Wildman–Crippen MR) is 85.6 cm³/mol. The number of nitrogens with zero attached hydrogens (tertiary/aromatic N) is 1. The average Bonchev–Trinajstić information content (AvgIpc) is 3.03. The summed E-state index contributed by atoms with van der Waals surface area (Å²) in [5.41, 5.74) is 0.810. The number of carbonyl (C=O) groups is 1. The first kappa shape index (κ1) is 15.8. The summed E-state index contributed by atoms with van der Waals surface area (Å²) in [7, 11) is 1.53. The zero-order chi connectivity index (χ0) is 16.4. The summed E-state index contributed by atoms with van der Waals surface area (Å²) in [6, 6.07) is 10.3. The number of methoxy groups -OCH3 is 1. The van der Waals surface area contributed by atoms with Crippen molar-refractivity contribution in [2.24, 2.45) is 0 Å². The number of hydrogen-bond acceptors (Lipinski definition) is 3. The zero-order valence-corrected chi connectivity index (χ0v) is 13.3. The van der Waals surface area contributed by atoms with Gasteiger partial charge in [-0.15, -0.1) is 11.8 Å². The summed E-state index contributed by atoms with van der Waals surface area (Å²) in [4.78, 5) is 14.3. The van der Waals surface area contributed by atoms with Gasteiger partial charge in [0.1, 0.15) is 22.8 Å². The van der Waals surface area contributed by atoms with Crippen LogP contribution in [-0.4, -0.2) is 30.2 Å². The molecule has 2 aromatic carbocycles. The van der Waals surface area contributed by atoms with Gasteiger partial charge in [-0.3, -0.25) is 4.79 Å². The second-order valence-electron chi connectivity index (χ2n) is 5.12. The number of carbonyl (C=O) groups excluding carboxylic acids is 1. The Morgan fingerprint density at radius 2 is 2.09 bits per heavy atom. The number of ether oxygens (including phenoxy) is 1. The first-order chi connectivity index (χ1) is 11.1. The quantitative estimate of drug-likeness (QED) is 0.853. The van der Waals surface area contributed by atoms with E-state index in [1.54, 1.807) is 29.2 Å². The monoisotopic (exact) mass is 335 g/mol. The highest BCUT2D eigenvalue weighted by Crippen LogP contribution is 2.40. The van der Waals surface area contributed by atoms with Gasteiger partial charge in [0.05, 0.1) is 7.11 Å². The minimum atomic E-state index is -0.632. The van der Waals surface area contributed by atoms with Crippen molar-refractivity contribution in [3.8, 4) is 5.75 Å². The Labute approximate surface area is 137 Å². The molecule has 1 unspecified atom stereocenters. The fourth-order valence-electron chi connectivity index (χ4n) is 2.56. The maximum atomic E-state index is 14.0. The zero-order valence-electron chi connectivity index (χ0n) is 12.5. The van der Waals surface area contributed by atoms with E-state index < -0.39 is 17.0 Å². The average molecular weight is 335 g/mol. The molecule has 2 aromatic rings. The first-order valence-electron chi connectivity index (χ1n) is 7.11. The van der Waals surface area contributed by atoms with Gasteiger partial charge >= 0.3 is 0 Å². The molecule has 1 aliphatic heterocycles. The normalized spacial score (nSPS) is 17.3. The van der Waals surface area contributed by atoms with Crippen LogP contribution in [-0.2, 0) is 0 Å². The van der Waals surface area contributed by atoms with E-state index in [9.17, 15) is 13.6 Å². The largest absolute Gasteiger partial charge is 0.497 e. The molecule has 120 valence electrons. The highest BCUT2D eigenvalue weighted by Gasteiger charge is 2.33. The van der Waals surface area contributed by atoms with E-state index in [2.05, 4.69) is 0 Å². The summed E-state index contributed by atoms with van der Waals surface area (Å²) < 4.78 is 32.3. The Bertz CT molecular complexity index is 738. The van der Waals surface area contributed by atoms with Crippen LogP contribution in [0.4, 0.5) is 8.78 Å². The molecule has 0 spiro atoms. The molecule has 1 heterocycles. The van der Waals surface area contributed by atoms with Crippen LogP contribution in [0.15, 0.2) is 42.5 Å². The van der Waals surface area contributed by atoms with Crippen LogP contribution in [0, 0.1) is 11.6 Å². The second-order valence-corrected chi connectivity index (χ2v) is 6.31. The van der Waals surface area contributed by atoms with Crippen molar-refractivity contribution in [3.63, 3.8) is 0 Å². The Morgan fingerprint density at radius 3 is 2.83 bits per heavy atom. The predicted octanol–water partition coefficient (Wildman–Crippen LogP) is 3.86. The number of amides is 1. The van der Waals surface area contributed by atoms with Gasteiger partial charge in [0, 0.05) is 29.5 Å². The van der Waals surface area contributed by atoms with Gasteiger partial charge in [-0.2, -0.15) is 0 Å². The lowest BCUT2D eigenvalue weighted by molar-refractivity contribution is 0.0758. The number of thioether (sulfide) groups is 1. The third-order valence-electron chi connectivity index (χ3n) is 3.70. The molecular formula is C17H15F2NO2S. The van der Waals surface area contributed by atoms with E-state index in [-0.39, 0.29) is 5.91 Å². The fourth-order valence-corrected chi connectivity index (χ4v) is 3.84. The molecule has 1 fully saturated rings. The SMILES string of the molecule is COc1cccc(C(=O)N2CCSC2c2ccc(F)cc2F)c1. The van der Waals surface area contributed by atoms with Gasteiger partial charge in [0.2, 0.25) is 0 Å². The molecule has 0 aromatic heterocycles. The Morgan fingerprint density at radius 1 is 1.26 bits per heavy atom. The van der Waals surface area contributed by atoms with Crippen LogP contribution >= 0.6 is 11.8 Å². The number of halogens is 2. The maximum Gasteiger partial charge on any atom is 0.255 e. The molecule has 0 bridgehead atoms. The molecule has 3 nitrogen and oxygen atoms in total. The summed E-state index contributed by atoms with van der Waals surface area (Å²) in [6.45, 7) is 0.516. The fraction of sp³-hybridized carbons (Fsp3) is 0.235. The first-order valence-corrected chi connectivity index (χ1v) is 8.16. The van der Waals surface area contributed by atoms with Crippen molar-refractivity contribution >= 4 is 17.7 Å². The molecule has 1 amide bonds. The van der Waals surface area contributed by atoms with Crippen molar-refractivity contribution < 1.29 is 18.3 Å². The Balaban J connectivity index is 1.90. The third-order valence-corrected chi connectivity index (χ3v) is 4.94. The molecule has 1 saturated heterocycles. The van der Waals surface area contributed by atoms with Crippen LogP contribution < -0.4 is 4.74 Å². The maximum absolute atomic E-state index is 14.0. The van der Waals surface area contributed by atoms with Crippen molar-refractivity contribution in [2.45, 2.75) is 5.37 Å². The third kappa shape index (κ3) is 3.17. The molecule has 3 rings (SSSR count). The number of hydrogen-bond donors (Lipinski definition) is 0. The lowest BCUT2D eigenvalue weighted by Gasteiger charge is -2.24. The molecule has 1 atom stereocenters. The minimum absolute atomic E-state index is 0.192. The number of rotatable bonds is 3. The van der Waals surface area contributed by atoms with Gasteiger partial charge in [-0.1, -0.05) is 12.1 Å². The van der Waals surface area contributed by atoms with E-state index in [4.69, 9.17) is 4.74 Å². The highest BCUT2D eigenvalue weighted by atomic mass is 32.2.